The van der Waals surface area contributed by atoms with E-state index in [4.69, 9.17) is 0 Å². The molecule has 31 heavy (non-hydrogen) atoms. The molecule has 6 nitrogen and oxygen atoms in total. The van der Waals surface area contributed by atoms with Crippen molar-refractivity contribution in [1.29, 1.82) is 0 Å². The number of nitrogens with one attached hydrogen (secondary N) is 1. The fourth-order valence-corrected chi connectivity index (χ4v) is 4.50. The third-order valence-electron chi connectivity index (χ3n) is 5.98. The van der Waals surface area contributed by atoms with E-state index in [1.54, 1.807) is 4.90 Å². The Morgan fingerprint density at radius 2 is 1.87 bits per heavy atom. The highest BCUT2D eigenvalue weighted by Crippen LogP contribution is 2.33. The Morgan fingerprint density at radius 1 is 1.10 bits per heavy atom. The van der Waals surface area contributed by atoms with E-state index < -0.39 is 11.8 Å². The van der Waals surface area contributed by atoms with Crippen LogP contribution in [0.4, 0.5) is 0 Å². The van der Waals surface area contributed by atoms with Gasteiger partial charge in [-0.15, -0.1) is 0 Å². The number of nitrogens with zero attached hydrogens (tertiary/aromatic N) is 3. The van der Waals surface area contributed by atoms with E-state index in [0.717, 1.165) is 18.5 Å². The normalized spacial score (nSPS) is 16.3. The summed E-state index contributed by atoms with van der Waals surface area (Å²) in [5.41, 5.74) is 4.62. The molecule has 1 saturated heterocycles. The first-order chi connectivity index (χ1) is 14.9. The lowest BCUT2D eigenvalue weighted by Crippen LogP contribution is -2.41. The van der Waals surface area contributed by atoms with Gasteiger partial charge in [-0.2, -0.15) is 0 Å². The summed E-state index contributed by atoms with van der Waals surface area (Å²) in [5.74, 6) is -0.714. The van der Waals surface area contributed by atoms with Crippen LogP contribution >= 0.6 is 0 Å². The number of aryl methyl sites for hydroxylation is 1. The first-order valence-corrected chi connectivity index (χ1v) is 10.8. The summed E-state index contributed by atoms with van der Waals surface area (Å²) in [6.07, 6.45) is 3.03. The van der Waals surface area contributed by atoms with Gasteiger partial charge in [0.2, 0.25) is 0 Å². The quantitative estimate of drug-likeness (QED) is 0.649. The average Bonchev–Trinajstić information content (AvgIpc) is 3.36. The van der Waals surface area contributed by atoms with Crippen LogP contribution in [0.15, 0.2) is 54.7 Å². The van der Waals surface area contributed by atoms with Crippen molar-refractivity contribution in [3.05, 3.63) is 71.4 Å². The topological polar surface area (TPSA) is 57.6 Å². The van der Waals surface area contributed by atoms with Gasteiger partial charge < -0.3 is 19.7 Å². The molecule has 2 amide bonds. The monoisotopic (exact) mass is 418 g/mol. The van der Waals surface area contributed by atoms with Gasteiger partial charge in [-0.1, -0.05) is 42.5 Å². The highest BCUT2D eigenvalue weighted by atomic mass is 16.2. The molecular weight excluding hydrogens is 388 g/mol. The fourth-order valence-electron chi connectivity index (χ4n) is 4.50. The van der Waals surface area contributed by atoms with Crippen LogP contribution in [0.1, 0.15) is 29.0 Å². The summed E-state index contributed by atoms with van der Waals surface area (Å²) in [5, 5.41) is 4.02. The Labute approximate surface area is 183 Å². The van der Waals surface area contributed by atoms with Crippen LogP contribution in [0, 0.1) is 0 Å². The van der Waals surface area contributed by atoms with Crippen molar-refractivity contribution in [3.8, 4) is 0 Å². The molecular formula is C25H30N4O2. The number of rotatable bonds is 5. The zero-order valence-electron chi connectivity index (χ0n) is 18.5. The maximum Gasteiger partial charge on any atom is 0.311 e. The number of hydrogen-bond acceptors (Lipinski definition) is 3. The number of carbonyl (C=O) groups is 2. The summed E-state index contributed by atoms with van der Waals surface area (Å²) in [7, 11) is 6.09. The maximum atomic E-state index is 12.7. The number of aromatic nitrogens is 1. The zero-order chi connectivity index (χ0) is 22.0. The smallest absolute Gasteiger partial charge is 0.311 e. The largest absolute Gasteiger partial charge is 0.350 e. The molecule has 162 valence electrons. The molecule has 4 rings (SSSR count). The van der Waals surface area contributed by atoms with Crippen LogP contribution in [-0.4, -0.2) is 53.4 Å². The van der Waals surface area contributed by atoms with Crippen LogP contribution in [0.2, 0.25) is 0 Å². The molecule has 2 heterocycles. The van der Waals surface area contributed by atoms with Crippen LogP contribution in [0.25, 0.3) is 10.9 Å². The van der Waals surface area contributed by atoms with Gasteiger partial charge in [0.25, 0.3) is 0 Å². The van der Waals surface area contributed by atoms with Crippen LogP contribution in [0.3, 0.4) is 0 Å². The summed E-state index contributed by atoms with van der Waals surface area (Å²) in [6.45, 7) is 2.38. The number of amides is 2. The van der Waals surface area contributed by atoms with Crippen LogP contribution < -0.4 is 5.32 Å². The Balaban J connectivity index is 1.36. The average molecular weight is 419 g/mol. The highest BCUT2D eigenvalue weighted by molar-refractivity contribution is 6.35. The zero-order valence-corrected chi connectivity index (χ0v) is 18.5. The van der Waals surface area contributed by atoms with Gasteiger partial charge in [-0.05, 0) is 43.3 Å². The number of likely N-dealkylation sites (tertiary alicyclic amines) is 1. The third kappa shape index (κ3) is 4.64. The second kappa shape index (κ2) is 8.94. The second-order valence-electron chi connectivity index (χ2n) is 8.69. The summed E-state index contributed by atoms with van der Waals surface area (Å²) in [6, 6.07) is 16.4. The second-order valence-corrected chi connectivity index (χ2v) is 8.69. The van der Waals surface area contributed by atoms with Gasteiger partial charge >= 0.3 is 11.8 Å². The lowest BCUT2D eigenvalue weighted by atomic mass is 9.98. The van der Waals surface area contributed by atoms with Crippen molar-refractivity contribution in [1.82, 2.24) is 19.7 Å². The lowest BCUT2D eigenvalue weighted by Gasteiger charge is -2.16. The van der Waals surface area contributed by atoms with Crippen molar-refractivity contribution in [2.45, 2.75) is 25.4 Å². The molecule has 1 unspecified atom stereocenters. The van der Waals surface area contributed by atoms with Crippen molar-refractivity contribution in [3.63, 3.8) is 0 Å². The van der Waals surface area contributed by atoms with E-state index in [-0.39, 0.29) is 5.92 Å². The molecule has 2 aromatic carbocycles. The SMILES string of the molecule is CN(C)Cc1cccc(CNC(=O)C(=O)N2CCC(c3cn(C)c4ccccc34)C2)c1. The Hall–Kier alpha value is -3.12. The Morgan fingerprint density at radius 3 is 2.68 bits per heavy atom. The predicted octanol–water partition coefficient (Wildman–Crippen LogP) is 2.87. The van der Waals surface area contributed by atoms with Gasteiger partial charge in [0.05, 0.1) is 0 Å². The molecule has 3 aromatic rings. The Kier molecular flexibility index (Phi) is 6.09. The fraction of sp³-hybridized carbons (Fsp3) is 0.360. The van der Waals surface area contributed by atoms with Crippen molar-refractivity contribution < 1.29 is 9.59 Å². The molecule has 1 atom stereocenters. The molecule has 0 bridgehead atoms. The van der Waals surface area contributed by atoms with E-state index in [1.165, 1.54) is 22.0 Å². The first kappa shape index (κ1) is 21.1. The molecule has 1 aliphatic rings. The first-order valence-electron chi connectivity index (χ1n) is 10.8. The van der Waals surface area contributed by atoms with Crippen molar-refractivity contribution in [2.24, 2.45) is 7.05 Å². The highest BCUT2D eigenvalue weighted by Gasteiger charge is 2.32. The number of fused-ring (bicyclic) bond motifs is 1. The molecule has 0 saturated carbocycles. The minimum Gasteiger partial charge on any atom is -0.350 e. The van der Waals surface area contributed by atoms with Gasteiger partial charge in [-0.3, -0.25) is 9.59 Å². The van der Waals surface area contributed by atoms with Crippen molar-refractivity contribution >= 4 is 22.7 Å². The number of carbonyl (C=O) groups excluding carboxylic acids is 2. The van der Waals surface area contributed by atoms with E-state index in [2.05, 4.69) is 45.2 Å². The van der Waals surface area contributed by atoms with Gasteiger partial charge in [-0.25, -0.2) is 0 Å². The standard InChI is InChI=1S/C25H30N4O2/c1-27(2)15-19-8-6-7-18(13-19)14-26-24(30)25(31)29-12-11-20(16-29)22-17-28(3)23-10-5-4-9-21(22)23/h4-10,13,17,20H,11-12,14-16H2,1-3H3,(H,26,30). The lowest BCUT2D eigenvalue weighted by molar-refractivity contribution is -0.145. The third-order valence-corrected chi connectivity index (χ3v) is 5.98. The van der Waals surface area contributed by atoms with E-state index in [1.807, 2.05) is 45.4 Å². The maximum absolute atomic E-state index is 12.7. The van der Waals surface area contributed by atoms with E-state index >= 15 is 0 Å². The summed E-state index contributed by atoms with van der Waals surface area (Å²) < 4.78 is 2.13. The number of benzene rings is 2. The molecule has 6 heteroatoms. The van der Waals surface area contributed by atoms with Crippen LogP contribution in [-0.2, 0) is 29.7 Å². The Bertz CT molecular complexity index is 1100. The summed E-state index contributed by atoms with van der Waals surface area (Å²) in [4.78, 5) is 29.0. The molecule has 0 radical (unpaired) electrons. The molecule has 0 aliphatic carbocycles. The number of para-hydroxylation sites is 1. The molecule has 1 fully saturated rings. The molecule has 1 aromatic heterocycles. The van der Waals surface area contributed by atoms with Gasteiger partial charge in [0, 0.05) is 56.2 Å². The van der Waals surface area contributed by atoms with E-state index in [9.17, 15) is 9.59 Å². The van der Waals surface area contributed by atoms with Gasteiger partial charge in [0.15, 0.2) is 0 Å². The molecule has 0 spiro atoms. The minimum absolute atomic E-state index is 0.255. The summed E-state index contributed by atoms with van der Waals surface area (Å²) >= 11 is 0. The molecule has 1 N–H and O–H groups in total. The minimum atomic E-state index is -0.531. The van der Waals surface area contributed by atoms with Crippen molar-refractivity contribution in [2.75, 3.05) is 27.2 Å². The van der Waals surface area contributed by atoms with Crippen LogP contribution in [0.5, 0.6) is 0 Å². The number of hydrogen-bond donors (Lipinski definition) is 1. The molecule has 1 aliphatic heterocycles. The predicted molar refractivity (Wildman–Crippen MR) is 123 cm³/mol. The van der Waals surface area contributed by atoms with E-state index in [0.29, 0.717) is 19.6 Å². The van der Waals surface area contributed by atoms with Gasteiger partial charge in [0.1, 0.15) is 0 Å².